The Morgan fingerprint density at radius 2 is 1.57 bits per heavy atom. The third-order valence-electron chi connectivity index (χ3n) is 3.11. The van der Waals surface area contributed by atoms with Crippen molar-refractivity contribution in [3.05, 3.63) is 18.2 Å². The molecule has 8 nitrogen and oxygen atoms in total. The lowest BCUT2D eigenvalue weighted by Crippen LogP contribution is -2.52. The monoisotopic (exact) mass is 324 g/mol. The Hall–Kier alpha value is -2.77. The molecule has 0 heterocycles. The van der Waals surface area contributed by atoms with E-state index in [1.165, 1.54) is 27.0 Å². The number of methoxy groups -OCH3 is 3. The SMILES string of the molecule is COC(=O)C(C)(Nc1cc(OC)ccc1NC(C)=O)C(=O)OC. The van der Waals surface area contributed by atoms with Gasteiger partial charge in [0.25, 0.3) is 0 Å². The van der Waals surface area contributed by atoms with Crippen molar-refractivity contribution in [2.45, 2.75) is 19.4 Å². The number of carbonyl (C=O) groups is 3. The van der Waals surface area contributed by atoms with Crippen LogP contribution in [0, 0.1) is 0 Å². The molecule has 0 aliphatic carbocycles. The third-order valence-corrected chi connectivity index (χ3v) is 3.11. The highest BCUT2D eigenvalue weighted by Gasteiger charge is 2.44. The lowest BCUT2D eigenvalue weighted by atomic mass is 10.0. The summed E-state index contributed by atoms with van der Waals surface area (Å²) in [7, 11) is 3.79. The highest BCUT2D eigenvalue weighted by atomic mass is 16.5. The number of amides is 1. The number of benzene rings is 1. The van der Waals surface area contributed by atoms with Gasteiger partial charge in [-0.1, -0.05) is 0 Å². The smallest absolute Gasteiger partial charge is 0.343 e. The van der Waals surface area contributed by atoms with Crippen molar-refractivity contribution < 1.29 is 28.6 Å². The van der Waals surface area contributed by atoms with E-state index < -0.39 is 17.5 Å². The molecule has 0 aliphatic heterocycles. The van der Waals surface area contributed by atoms with Crippen LogP contribution in [0.5, 0.6) is 5.75 Å². The molecule has 1 aromatic rings. The first-order chi connectivity index (χ1) is 10.8. The largest absolute Gasteiger partial charge is 0.497 e. The molecule has 0 saturated heterocycles. The van der Waals surface area contributed by atoms with E-state index in [1.54, 1.807) is 12.1 Å². The van der Waals surface area contributed by atoms with Crippen molar-refractivity contribution in [1.29, 1.82) is 0 Å². The Morgan fingerprint density at radius 1 is 1.00 bits per heavy atom. The minimum absolute atomic E-state index is 0.304. The first-order valence-electron chi connectivity index (χ1n) is 6.69. The Labute approximate surface area is 134 Å². The maximum Gasteiger partial charge on any atom is 0.343 e. The van der Waals surface area contributed by atoms with E-state index in [4.69, 9.17) is 4.74 Å². The normalized spacial score (nSPS) is 10.5. The maximum atomic E-state index is 12.0. The number of hydrogen-bond donors (Lipinski definition) is 2. The van der Waals surface area contributed by atoms with Gasteiger partial charge in [-0.05, 0) is 19.1 Å². The van der Waals surface area contributed by atoms with Crippen molar-refractivity contribution in [3.8, 4) is 5.75 Å². The molecule has 2 N–H and O–H groups in total. The molecule has 23 heavy (non-hydrogen) atoms. The summed E-state index contributed by atoms with van der Waals surface area (Å²) in [5.74, 6) is -1.50. The van der Waals surface area contributed by atoms with E-state index in [1.807, 2.05) is 0 Å². The number of esters is 2. The summed E-state index contributed by atoms with van der Waals surface area (Å²) >= 11 is 0. The molecule has 0 atom stereocenters. The van der Waals surface area contributed by atoms with E-state index in [-0.39, 0.29) is 5.91 Å². The molecular formula is C15H20N2O6. The second-order valence-corrected chi connectivity index (χ2v) is 4.83. The summed E-state index contributed by atoms with van der Waals surface area (Å²) in [6.07, 6.45) is 0. The van der Waals surface area contributed by atoms with Gasteiger partial charge in [0.15, 0.2) is 0 Å². The van der Waals surface area contributed by atoms with Gasteiger partial charge in [0.05, 0.1) is 32.7 Å². The molecule has 1 aromatic carbocycles. The van der Waals surface area contributed by atoms with Gasteiger partial charge >= 0.3 is 11.9 Å². The molecule has 0 radical (unpaired) electrons. The summed E-state index contributed by atoms with van der Waals surface area (Å²) in [4.78, 5) is 35.4. The number of carbonyl (C=O) groups excluding carboxylic acids is 3. The molecule has 0 aliphatic rings. The van der Waals surface area contributed by atoms with Crippen molar-refractivity contribution >= 4 is 29.2 Å². The van der Waals surface area contributed by atoms with Crippen molar-refractivity contribution in [3.63, 3.8) is 0 Å². The van der Waals surface area contributed by atoms with E-state index in [0.717, 1.165) is 14.2 Å². The van der Waals surface area contributed by atoms with Gasteiger partial charge in [-0.3, -0.25) is 4.79 Å². The van der Waals surface area contributed by atoms with Crippen molar-refractivity contribution in [1.82, 2.24) is 0 Å². The Balaban J connectivity index is 3.33. The highest BCUT2D eigenvalue weighted by molar-refractivity contribution is 6.08. The van der Waals surface area contributed by atoms with E-state index >= 15 is 0 Å². The van der Waals surface area contributed by atoms with Crippen LogP contribution in [0.1, 0.15) is 13.8 Å². The van der Waals surface area contributed by atoms with Crippen LogP contribution in [0.4, 0.5) is 11.4 Å². The highest BCUT2D eigenvalue weighted by Crippen LogP contribution is 2.30. The van der Waals surface area contributed by atoms with Crippen LogP contribution in [-0.4, -0.2) is 44.7 Å². The number of rotatable bonds is 6. The van der Waals surface area contributed by atoms with Crippen LogP contribution in [0.25, 0.3) is 0 Å². The second kappa shape index (κ2) is 7.48. The van der Waals surface area contributed by atoms with Gasteiger partial charge in [-0.15, -0.1) is 0 Å². The fraction of sp³-hybridized carbons (Fsp3) is 0.400. The zero-order valence-corrected chi connectivity index (χ0v) is 13.7. The maximum absolute atomic E-state index is 12.0. The number of nitrogens with one attached hydrogen (secondary N) is 2. The molecule has 126 valence electrons. The fourth-order valence-electron chi connectivity index (χ4n) is 1.92. The lowest BCUT2D eigenvalue weighted by Gasteiger charge is -2.27. The fourth-order valence-corrected chi connectivity index (χ4v) is 1.92. The molecule has 1 amide bonds. The summed E-state index contributed by atoms with van der Waals surface area (Å²) in [6.45, 7) is 2.66. The van der Waals surface area contributed by atoms with Gasteiger partial charge in [0, 0.05) is 13.0 Å². The van der Waals surface area contributed by atoms with Gasteiger partial charge in [-0.2, -0.15) is 0 Å². The zero-order valence-electron chi connectivity index (χ0n) is 13.7. The average Bonchev–Trinajstić information content (AvgIpc) is 2.54. The summed E-state index contributed by atoms with van der Waals surface area (Å²) in [5.41, 5.74) is -1.11. The average molecular weight is 324 g/mol. The van der Waals surface area contributed by atoms with Gasteiger partial charge in [0.1, 0.15) is 5.75 Å². The van der Waals surface area contributed by atoms with E-state index in [2.05, 4.69) is 20.1 Å². The Bertz CT molecular complexity index is 598. The summed E-state index contributed by atoms with van der Waals surface area (Å²) < 4.78 is 14.5. The quantitative estimate of drug-likeness (QED) is 0.598. The minimum atomic E-state index is -1.79. The first-order valence-corrected chi connectivity index (χ1v) is 6.69. The summed E-state index contributed by atoms with van der Waals surface area (Å²) in [5, 5.41) is 5.36. The zero-order chi connectivity index (χ0) is 17.6. The Morgan fingerprint density at radius 3 is 2.00 bits per heavy atom. The molecule has 1 rings (SSSR count). The predicted octanol–water partition coefficient (Wildman–Crippen LogP) is 1.17. The van der Waals surface area contributed by atoms with Crippen LogP contribution in [-0.2, 0) is 23.9 Å². The molecule has 0 spiro atoms. The van der Waals surface area contributed by atoms with Crippen LogP contribution in [0.2, 0.25) is 0 Å². The second-order valence-electron chi connectivity index (χ2n) is 4.83. The molecular weight excluding hydrogens is 304 g/mol. The van der Waals surface area contributed by atoms with E-state index in [0.29, 0.717) is 17.1 Å². The lowest BCUT2D eigenvalue weighted by molar-refractivity contribution is -0.158. The number of anilines is 2. The van der Waals surface area contributed by atoms with Gasteiger partial charge in [0.2, 0.25) is 11.4 Å². The molecule has 0 bridgehead atoms. The molecule has 0 fully saturated rings. The number of hydrogen-bond acceptors (Lipinski definition) is 7. The third kappa shape index (κ3) is 4.12. The van der Waals surface area contributed by atoms with Crippen LogP contribution in [0.3, 0.4) is 0 Å². The van der Waals surface area contributed by atoms with Crippen LogP contribution >= 0.6 is 0 Å². The molecule has 0 saturated carbocycles. The predicted molar refractivity (Wildman–Crippen MR) is 83.4 cm³/mol. The van der Waals surface area contributed by atoms with Crippen molar-refractivity contribution in [2.75, 3.05) is 32.0 Å². The van der Waals surface area contributed by atoms with Gasteiger partial charge in [-0.25, -0.2) is 9.59 Å². The van der Waals surface area contributed by atoms with Gasteiger partial charge < -0.3 is 24.8 Å². The van der Waals surface area contributed by atoms with Crippen molar-refractivity contribution in [2.24, 2.45) is 0 Å². The topological polar surface area (TPSA) is 103 Å². The van der Waals surface area contributed by atoms with Crippen LogP contribution in [0.15, 0.2) is 18.2 Å². The molecule has 0 aromatic heterocycles. The standard InChI is InChI=1S/C15H20N2O6/c1-9(18)16-11-7-6-10(21-3)8-12(11)17-15(2,13(19)22-4)14(20)23-5/h6-8,17H,1-5H3,(H,16,18). The van der Waals surface area contributed by atoms with Crippen LogP contribution < -0.4 is 15.4 Å². The molecule has 8 heteroatoms. The van der Waals surface area contributed by atoms with E-state index in [9.17, 15) is 14.4 Å². The Kier molecular flexibility index (Phi) is 5.94. The molecule has 0 unspecified atom stereocenters. The number of ether oxygens (including phenoxy) is 3. The first kappa shape index (κ1) is 18.3. The minimum Gasteiger partial charge on any atom is -0.497 e. The summed E-state index contributed by atoms with van der Waals surface area (Å²) in [6, 6.07) is 4.75.